The summed E-state index contributed by atoms with van der Waals surface area (Å²) < 4.78 is 19.6. The zero-order chi connectivity index (χ0) is 15.4. The maximum absolute atomic E-state index is 14.3. The highest BCUT2D eigenvalue weighted by atomic mass is 19.1. The van der Waals surface area contributed by atoms with E-state index < -0.39 is 18.0 Å². The molecule has 2 atom stereocenters. The minimum atomic E-state index is -0.725. The largest absolute Gasteiger partial charge is 0.389 e. The zero-order valence-electron chi connectivity index (χ0n) is 12.3. The Hall–Kier alpha value is -1.66. The molecule has 1 fully saturated rings. The number of aliphatic hydroxyl groups excluding tert-OH is 1. The van der Waals surface area contributed by atoms with Crippen LogP contribution in [0.15, 0.2) is 18.2 Å². The van der Waals surface area contributed by atoms with Gasteiger partial charge in [0.05, 0.1) is 25.0 Å². The Bertz CT molecular complexity index is 508. The predicted molar refractivity (Wildman–Crippen MR) is 77.7 cm³/mol. The van der Waals surface area contributed by atoms with Crippen LogP contribution in [0.1, 0.15) is 25.5 Å². The summed E-state index contributed by atoms with van der Waals surface area (Å²) in [7, 11) is 0. The van der Waals surface area contributed by atoms with Crippen LogP contribution < -0.4 is 10.2 Å². The number of hydrogen-bond donors (Lipinski definition) is 2. The molecule has 1 heterocycles. The van der Waals surface area contributed by atoms with Gasteiger partial charge in [-0.3, -0.25) is 4.79 Å². The number of carbonyl (C=O) groups excluding carboxylic acids is 1. The Morgan fingerprint density at radius 2 is 2.38 bits per heavy atom. The van der Waals surface area contributed by atoms with Gasteiger partial charge in [-0.15, -0.1) is 0 Å². The van der Waals surface area contributed by atoms with Crippen molar-refractivity contribution in [3.63, 3.8) is 0 Å². The minimum absolute atomic E-state index is 0.170. The zero-order valence-corrected chi connectivity index (χ0v) is 12.3. The average Bonchev–Trinajstić information content (AvgIpc) is 2.47. The van der Waals surface area contributed by atoms with Crippen LogP contribution in [0.4, 0.5) is 10.1 Å². The number of benzene rings is 1. The summed E-state index contributed by atoms with van der Waals surface area (Å²) in [6.45, 7) is 5.08. The van der Waals surface area contributed by atoms with Crippen molar-refractivity contribution < 1.29 is 19.0 Å². The summed E-state index contributed by atoms with van der Waals surface area (Å²) in [5, 5.41) is 12.2. The minimum Gasteiger partial charge on any atom is -0.389 e. The van der Waals surface area contributed by atoms with Crippen molar-refractivity contribution in [1.82, 2.24) is 5.32 Å². The first-order valence-corrected chi connectivity index (χ1v) is 7.14. The van der Waals surface area contributed by atoms with E-state index >= 15 is 0 Å². The molecule has 0 radical (unpaired) electrons. The van der Waals surface area contributed by atoms with Crippen molar-refractivity contribution in [2.75, 3.05) is 31.2 Å². The molecule has 6 heteroatoms. The van der Waals surface area contributed by atoms with Crippen LogP contribution in [0.3, 0.4) is 0 Å². The van der Waals surface area contributed by atoms with Crippen LogP contribution in [-0.2, 0) is 9.53 Å². The lowest BCUT2D eigenvalue weighted by molar-refractivity contribution is -0.124. The Labute approximate surface area is 123 Å². The SMILES string of the molecule is CCNC(=O)C1COCCN1c1ccc(C(C)O)cc1F. The lowest BCUT2D eigenvalue weighted by atomic mass is 10.1. The number of hydrogen-bond acceptors (Lipinski definition) is 4. The Morgan fingerprint density at radius 1 is 1.62 bits per heavy atom. The first-order valence-electron chi connectivity index (χ1n) is 7.14. The lowest BCUT2D eigenvalue weighted by Crippen LogP contribution is -2.54. The summed E-state index contributed by atoms with van der Waals surface area (Å²) >= 11 is 0. The smallest absolute Gasteiger partial charge is 0.245 e. The normalized spacial score (nSPS) is 20.2. The van der Waals surface area contributed by atoms with Gasteiger partial charge < -0.3 is 20.1 Å². The number of ether oxygens (including phenoxy) is 1. The average molecular weight is 296 g/mol. The van der Waals surface area contributed by atoms with Gasteiger partial charge >= 0.3 is 0 Å². The van der Waals surface area contributed by atoms with Crippen molar-refractivity contribution >= 4 is 11.6 Å². The number of morpholine rings is 1. The van der Waals surface area contributed by atoms with E-state index in [1.165, 1.54) is 6.07 Å². The molecule has 0 spiro atoms. The van der Waals surface area contributed by atoms with Gasteiger partial charge in [0.25, 0.3) is 0 Å². The summed E-state index contributed by atoms with van der Waals surface area (Å²) in [6, 6.07) is 4.05. The van der Waals surface area contributed by atoms with Crippen molar-refractivity contribution in [2.45, 2.75) is 26.0 Å². The van der Waals surface area contributed by atoms with Crippen molar-refractivity contribution in [2.24, 2.45) is 0 Å². The molecule has 5 nitrogen and oxygen atoms in total. The standard InChI is InChI=1S/C15H21FN2O3/c1-3-17-15(20)14-9-21-7-6-18(14)13-5-4-11(10(2)19)8-12(13)16/h4-5,8,10,14,19H,3,6-7,9H2,1-2H3,(H,17,20). The van der Waals surface area contributed by atoms with Gasteiger partial charge in [-0.1, -0.05) is 6.07 Å². The molecule has 21 heavy (non-hydrogen) atoms. The molecule has 116 valence electrons. The van der Waals surface area contributed by atoms with Crippen molar-refractivity contribution in [3.05, 3.63) is 29.6 Å². The second-order valence-corrected chi connectivity index (χ2v) is 5.07. The van der Waals surface area contributed by atoms with Crippen LogP contribution in [0, 0.1) is 5.82 Å². The molecule has 1 aromatic carbocycles. The molecule has 2 unspecified atom stereocenters. The number of nitrogens with zero attached hydrogens (tertiary/aromatic N) is 1. The summed E-state index contributed by atoms with van der Waals surface area (Å²) in [6.07, 6.45) is -0.725. The highest BCUT2D eigenvalue weighted by Gasteiger charge is 2.30. The van der Waals surface area contributed by atoms with E-state index in [9.17, 15) is 14.3 Å². The van der Waals surface area contributed by atoms with Gasteiger partial charge in [-0.25, -0.2) is 4.39 Å². The number of amides is 1. The van der Waals surface area contributed by atoms with Gasteiger partial charge in [0.15, 0.2) is 0 Å². The maximum atomic E-state index is 14.3. The van der Waals surface area contributed by atoms with E-state index in [0.717, 1.165) is 0 Å². The number of likely N-dealkylation sites (N-methyl/N-ethyl adjacent to an activating group) is 1. The second kappa shape index (κ2) is 6.87. The number of nitrogens with one attached hydrogen (secondary N) is 1. The van der Waals surface area contributed by atoms with Crippen LogP contribution in [0.5, 0.6) is 0 Å². The quantitative estimate of drug-likeness (QED) is 0.877. The molecule has 1 amide bonds. The molecule has 2 rings (SSSR count). The first-order chi connectivity index (χ1) is 10.0. The van der Waals surface area contributed by atoms with Gasteiger partial charge in [-0.05, 0) is 31.5 Å². The van der Waals surface area contributed by atoms with Gasteiger partial charge in [0.1, 0.15) is 11.9 Å². The molecule has 0 aromatic heterocycles. The number of carbonyl (C=O) groups is 1. The van der Waals surface area contributed by atoms with Gasteiger partial charge in [0, 0.05) is 13.1 Å². The number of rotatable bonds is 4. The molecule has 0 saturated carbocycles. The van der Waals surface area contributed by atoms with Gasteiger partial charge in [-0.2, -0.15) is 0 Å². The molecular formula is C15H21FN2O3. The number of halogens is 1. The molecule has 1 saturated heterocycles. The topological polar surface area (TPSA) is 61.8 Å². The fraction of sp³-hybridized carbons (Fsp3) is 0.533. The number of anilines is 1. The number of aliphatic hydroxyl groups is 1. The van der Waals surface area contributed by atoms with E-state index in [1.807, 2.05) is 6.92 Å². The van der Waals surface area contributed by atoms with Crippen LogP contribution in [0.2, 0.25) is 0 Å². The third-order valence-corrected chi connectivity index (χ3v) is 3.55. The molecule has 0 bridgehead atoms. The monoisotopic (exact) mass is 296 g/mol. The molecule has 0 aliphatic carbocycles. The summed E-state index contributed by atoms with van der Waals surface area (Å²) in [5.74, 6) is -0.610. The Balaban J connectivity index is 2.27. The van der Waals surface area contributed by atoms with Crippen LogP contribution in [0.25, 0.3) is 0 Å². The molecule has 1 aliphatic heterocycles. The fourth-order valence-electron chi connectivity index (χ4n) is 2.42. The first kappa shape index (κ1) is 15.7. The fourth-order valence-corrected chi connectivity index (χ4v) is 2.42. The maximum Gasteiger partial charge on any atom is 0.245 e. The van der Waals surface area contributed by atoms with Crippen LogP contribution in [-0.4, -0.2) is 43.4 Å². The molecule has 2 N–H and O–H groups in total. The van der Waals surface area contributed by atoms with E-state index in [1.54, 1.807) is 24.0 Å². The second-order valence-electron chi connectivity index (χ2n) is 5.07. The lowest BCUT2D eigenvalue weighted by Gasteiger charge is -2.36. The third kappa shape index (κ3) is 3.51. The molecule has 1 aliphatic rings. The Kier molecular flexibility index (Phi) is 5.14. The van der Waals surface area contributed by atoms with Crippen molar-refractivity contribution in [1.29, 1.82) is 0 Å². The summed E-state index contributed by atoms with van der Waals surface area (Å²) in [4.78, 5) is 13.8. The third-order valence-electron chi connectivity index (χ3n) is 3.55. The molecular weight excluding hydrogens is 275 g/mol. The Morgan fingerprint density at radius 3 is 3.00 bits per heavy atom. The van der Waals surface area contributed by atoms with E-state index in [2.05, 4.69) is 5.32 Å². The summed E-state index contributed by atoms with van der Waals surface area (Å²) in [5.41, 5.74) is 0.873. The highest BCUT2D eigenvalue weighted by Crippen LogP contribution is 2.26. The van der Waals surface area contributed by atoms with Gasteiger partial charge in [0.2, 0.25) is 5.91 Å². The van der Waals surface area contributed by atoms with Crippen LogP contribution >= 0.6 is 0 Å². The molecule has 1 aromatic rings. The highest BCUT2D eigenvalue weighted by molar-refractivity contribution is 5.85. The predicted octanol–water partition coefficient (Wildman–Crippen LogP) is 1.22. The van der Waals surface area contributed by atoms with E-state index in [4.69, 9.17) is 4.74 Å². The van der Waals surface area contributed by atoms with E-state index in [0.29, 0.717) is 30.9 Å². The van der Waals surface area contributed by atoms with Crippen molar-refractivity contribution in [3.8, 4) is 0 Å². The van der Waals surface area contributed by atoms with E-state index in [-0.39, 0.29) is 12.5 Å².